The van der Waals surface area contributed by atoms with Gasteiger partial charge in [0.1, 0.15) is 5.82 Å². The molecular formula is C17H18BrFN2O. The molecule has 0 heterocycles. The zero-order valence-corrected chi connectivity index (χ0v) is 14.1. The lowest BCUT2D eigenvalue weighted by Gasteiger charge is -2.25. The van der Waals surface area contributed by atoms with Crippen LogP contribution in [0.25, 0.3) is 0 Å². The maximum absolute atomic E-state index is 13.0. The fourth-order valence-corrected chi connectivity index (χ4v) is 2.44. The van der Waals surface area contributed by atoms with Crippen LogP contribution in [0.3, 0.4) is 0 Å². The highest BCUT2D eigenvalue weighted by atomic mass is 79.9. The van der Waals surface area contributed by atoms with Gasteiger partial charge in [-0.3, -0.25) is 4.79 Å². The lowest BCUT2D eigenvalue weighted by Crippen LogP contribution is -2.34. The Morgan fingerprint density at radius 2 is 1.73 bits per heavy atom. The molecule has 1 amide bonds. The molecule has 0 spiro atoms. The second kappa shape index (κ2) is 7.51. The van der Waals surface area contributed by atoms with E-state index in [1.807, 2.05) is 31.1 Å². The summed E-state index contributed by atoms with van der Waals surface area (Å²) in [5.74, 6) is -0.387. The summed E-state index contributed by atoms with van der Waals surface area (Å²) in [4.78, 5) is 14.2. The number of nitrogens with zero attached hydrogens (tertiary/aromatic N) is 1. The average molecular weight is 365 g/mol. The maximum Gasteiger partial charge on any atom is 0.251 e. The normalized spacial score (nSPS) is 12.2. The molecule has 0 saturated carbocycles. The average Bonchev–Trinajstić information content (AvgIpc) is 2.49. The van der Waals surface area contributed by atoms with Crippen molar-refractivity contribution in [3.05, 3.63) is 69.9 Å². The number of hydrogen-bond acceptors (Lipinski definition) is 2. The van der Waals surface area contributed by atoms with Gasteiger partial charge >= 0.3 is 0 Å². The largest absolute Gasteiger partial charge is 0.350 e. The van der Waals surface area contributed by atoms with Crippen molar-refractivity contribution in [2.24, 2.45) is 0 Å². The molecule has 2 rings (SSSR count). The van der Waals surface area contributed by atoms with E-state index >= 15 is 0 Å². The quantitative estimate of drug-likeness (QED) is 0.878. The van der Waals surface area contributed by atoms with E-state index in [9.17, 15) is 9.18 Å². The molecule has 22 heavy (non-hydrogen) atoms. The fraction of sp³-hybridized carbons (Fsp3) is 0.235. The Balaban J connectivity index is 2.04. The van der Waals surface area contributed by atoms with Crippen molar-refractivity contribution in [2.45, 2.75) is 6.04 Å². The van der Waals surface area contributed by atoms with Crippen LogP contribution in [0.2, 0.25) is 0 Å². The molecule has 0 unspecified atom stereocenters. The summed E-state index contributed by atoms with van der Waals surface area (Å²) in [6, 6.07) is 13.5. The summed E-state index contributed by atoms with van der Waals surface area (Å²) in [6.45, 7) is 0.452. The Morgan fingerprint density at radius 3 is 2.27 bits per heavy atom. The molecule has 0 aliphatic rings. The third kappa shape index (κ3) is 4.39. The smallest absolute Gasteiger partial charge is 0.251 e. The van der Waals surface area contributed by atoms with Crippen LogP contribution in [-0.4, -0.2) is 31.4 Å². The lowest BCUT2D eigenvalue weighted by atomic mass is 10.1. The Labute approximate surface area is 138 Å². The van der Waals surface area contributed by atoms with Crippen molar-refractivity contribution < 1.29 is 9.18 Å². The number of likely N-dealkylation sites (N-methyl/N-ethyl adjacent to an activating group) is 1. The van der Waals surface area contributed by atoms with Crippen LogP contribution in [0.5, 0.6) is 0 Å². The zero-order chi connectivity index (χ0) is 16.1. The van der Waals surface area contributed by atoms with Crippen LogP contribution in [0.1, 0.15) is 22.0 Å². The summed E-state index contributed by atoms with van der Waals surface area (Å²) in [6.07, 6.45) is 0. The number of halogens is 2. The second-order valence-corrected chi connectivity index (χ2v) is 6.16. The predicted molar refractivity (Wildman–Crippen MR) is 89.3 cm³/mol. The summed E-state index contributed by atoms with van der Waals surface area (Å²) in [5.41, 5.74) is 1.57. The zero-order valence-electron chi connectivity index (χ0n) is 12.5. The van der Waals surface area contributed by atoms with Gasteiger partial charge in [0.25, 0.3) is 5.91 Å². The highest BCUT2D eigenvalue weighted by Crippen LogP contribution is 2.18. The number of carbonyl (C=O) groups excluding carboxylic acids is 1. The van der Waals surface area contributed by atoms with Crippen LogP contribution >= 0.6 is 15.9 Å². The number of hydrogen-bond donors (Lipinski definition) is 1. The van der Waals surface area contributed by atoms with Gasteiger partial charge in [0, 0.05) is 16.6 Å². The second-order valence-electron chi connectivity index (χ2n) is 5.25. The minimum absolute atomic E-state index is 0.0139. The predicted octanol–water partition coefficient (Wildman–Crippen LogP) is 3.62. The van der Waals surface area contributed by atoms with E-state index in [1.54, 1.807) is 24.3 Å². The number of nitrogens with one attached hydrogen (secondary N) is 1. The molecule has 0 fully saturated rings. The van der Waals surface area contributed by atoms with Crippen LogP contribution in [0, 0.1) is 5.82 Å². The number of rotatable bonds is 5. The van der Waals surface area contributed by atoms with Crippen LogP contribution < -0.4 is 5.32 Å². The standard InChI is InChI=1S/C17H18BrFN2O/c1-21(2)16(12-5-9-15(19)10-6-12)11-20-17(22)13-3-7-14(18)8-4-13/h3-10,16H,11H2,1-2H3,(H,20,22)/t16-/m1/s1. The molecule has 1 N–H and O–H groups in total. The number of carbonyl (C=O) groups is 1. The van der Waals surface area contributed by atoms with Gasteiger partial charge in [0.2, 0.25) is 0 Å². The molecule has 3 nitrogen and oxygen atoms in total. The van der Waals surface area contributed by atoms with Gasteiger partial charge in [-0.2, -0.15) is 0 Å². The van der Waals surface area contributed by atoms with Gasteiger partial charge in [0.15, 0.2) is 0 Å². The summed E-state index contributed by atoms with van der Waals surface area (Å²) >= 11 is 3.34. The van der Waals surface area contributed by atoms with Crippen molar-refractivity contribution in [3.8, 4) is 0 Å². The molecule has 116 valence electrons. The minimum atomic E-state index is -0.264. The third-order valence-corrected chi connectivity index (χ3v) is 3.97. The number of amides is 1. The molecule has 0 radical (unpaired) electrons. The highest BCUT2D eigenvalue weighted by Gasteiger charge is 2.16. The first-order valence-corrected chi connectivity index (χ1v) is 7.72. The van der Waals surface area contributed by atoms with Gasteiger partial charge in [-0.15, -0.1) is 0 Å². The SMILES string of the molecule is CN(C)[C@H](CNC(=O)c1ccc(Br)cc1)c1ccc(F)cc1. The monoisotopic (exact) mass is 364 g/mol. The Kier molecular flexibility index (Phi) is 5.69. The van der Waals surface area contributed by atoms with Crippen molar-refractivity contribution in [3.63, 3.8) is 0 Å². The molecule has 0 saturated heterocycles. The fourth-order valence-electron chi connectivity index (χ4n) is 2.18. The molecule has 2 aromatic rings. The Hall–Kier alpha value is -1.72. The Morgan fingerprint density at radius 1 is 1.14 bits per heavy atom. The Bertz CT molecular complexity index is 626. The summed E-state index contributed by atoms with van der Waals surface area (Å²) < 4.78 is 14.0. The van der Waals surface area contributed by atoms with E-state index in [-0.39, 0.29) is 17.8 Å². The van der Waals surface area contributed by atoms with Crippen LogP contribution in [0.15, 0.2) is 53.0 Å². The molecule has 0 aromatic heterocycles. The lowest BCUT2D eigenvalue weighted by molar-refractivity contribution is 0.0942. The van der Waals surface area contributed by atoms with Crippen molar-refractivity contribution in [2.75, 3.05) is 20.6 Å². The highest BCUT2D eigenvalue weighted by molar-refractivity contribution is 9.10. The van der Waals surface area contributed by atoms with Crippen molar-refractivity contribution in [1.29, 1.82) is 0 Å². The van der Waals surface area contributed by atoms with Gasteiger partial charge in [-0.1, -0.05) is 28.1 Å². The first-order valence-electron chi connectivity index (χ1n) is 6.93. The van der Waals surface area contributed by atoms with Crippen molar-refractivity contribution >= 4 is 21.8 Å². The molecular weight excluding hydrogens is 347 g/mol. The van der Waals surface area contributed by atoms with E-state index in [0.717, 1.165) is 10.0 Å². The molecule has 5 heteroatoms. The number of benzene rings is 2. The van der Waals surface area contributed by atoms with Gasteiger partial charge in [-0.25, -0.2) is 4.39 Å². The summed E-state index contributed by atoms with van der Waals surface area (Å²) in [5, 5.41) is 2.92. The molecule has 0 aliphatic carbocycles. The van der Waals surface area contributed by atoms with Crippen LogP contribution in [0.4, 0.5) is 4.39 Å². The van der Waals surface area contributed by atoms with Gasteiger partial charge in [0.05, 0.1) is 6.04 Å². The van der Waals surface area contributed by atoms with E-state index in [0.29, 0.717) is 12.1 Å². The topological polar surface area (TPSA) is 32.3 Å². The van der Waals surface area contributed by atoms with E-state index in [1.165, 1.54) is 12.1 Å². The van der Waals surface area contributed by atoms with E-state index in [4.69, 9.17) is 0 Å². The third-order valence-electron chi connectivity index (χ3n) is 3.44. The molecule has 0 aliphatic heterocycles. The van der Waals surface area contributed by atoms with E-state index < -0.39 is 0 Å². The minimum Gasteiger partial charge on any atom is -0.350 e. The maximum atomic E-state index is 13.0. The molecule has 2 aromatic carbocycles. The summed E-state index contributed by atoms with van der Waals surface area (Å²) in [7, 11) is 3.86. The van der Waals surface area contributed by atoms with Gasteiger partial charge in [-0.05, 0) is 56.1 Å². The van der Waals surface area contributed by atoms with Crippen molar-refractivity contribution in [1.82, 2.24) is 10.2 Å². The first kappa shape index (κ1) is 16.6. The van der Waals surface area contributed by atoms with Crippen LogP contribution in [-0.2, 0) is 0 Å². The molecule has 0 bridgehead atoms. The first-order chi connectivity index (χ1) is 10.5. The van der Waals surface area contributed by atoms with Gasteiger partial charge < -0.3 is 10.2 Å². The molecule has 1 atom stereocenters. The van der Waals surface area contributed by atoms with E-state index in [2.05, 4.69) is 21.2 Å².